The number of H-pyrrole nitrogens is 1. The number of hydrogen-bond acceptors (Lipinski definition) is 3. The van der Waals surface area contributed by atoms with Crippen molar-refractivity contribution in [3.8, 4) is 0 Å². The normalized spacial score (nSPS) is 15.9. The van der Waals surface area contributed by atoms with Crippen molar-refractivity contribution >= 4 is 22.6 Å². The minimum absolute atomic E-state index is 0.198. The van der Waals surface area contributed by atoms with Crippen LogP contribution >= 0.6 is 0 Å². The van der Waals surface area contributed by atoms with Crippen molar-refractivity contribution in [3.63, 3.8) is 0 Å². The van der Waals surface area contributed by atoms with Crippen molar-refractivity contribution in [2.75, 3.05) is 13.1 Å². The van der Waals surface area contributed by atoms with E-state index in [4.69, 9.17) is 0 Å². The van der Waals surface area contributed by atoms with Crippen LogP contribution in [0, 0.1) is 5.82 Å². The van der Waals surface area contributed by atoms with Gasteiger partial charge in [-0.3, -0.25) is 9.59 Å². The number of ketones is 1. The molecule has 2 N–H and O–H groups in total. The summed E-state index contributed by atoms with van der Waals surface area (Å²) in [4.78, 5) is 30.3. The fourth-order valence-corrected chi connectivity index (χ4v) is 5.05. The number of hydrogen-bond donors (Lipinski definition) is 2. The summed E-state index contributed by atoms with van der Waals surface area (Å²) in [5.74, 6) is -1.09. The molecule has 0 bridgehead atoms. The van der Waals surface area contributed by atoms with Crippen molar-refractivity contribution in [1.82, 2.24) is 15.2 Å². The maximum Gasteiger partial charge on any atom is 0.295 e. The van der Waals surface area contributed by atoms with E-state index in [1.54, 1.807) is 11.1 Å². The number of aromatic amines is 1. The summed E-state index contributed by atoms with van der Waals surface area (Å²) < 4.78 is 13.2. The molecule has 6 heteroatoms. The van der Waals surface area contributed by atoms with E-state index in [2.05, 4.69) is 29.4 Å². The molecule has 4 rings (SSSR count). The summed E-state index contributed by atoms with van der Waals surface area (Å²) in [5, 5.41) is 4.64. The number of nitrogens with one attached hydrogen (secondary N) is 2. The van der Waals surface area contributed by atoms with Gasteiger partial charge in [-0.2, -0.15) is 0 Å². The zero-order valence-electron chi connectivity index (χ0n) is 20.3. The Balaban J connectivity index is 1.43. The van der Waals surface area contributed by atoms with Crippen LogP contribution in [0.2, 0.25) is 0 Å². The van der Waals surface area contributed by atoms with Crippen LogP contribution in [0.1, 0.15) is 60.7 Å². The second-order valence-electron chi connectivity index (χ2n) is 9.22. The molecule has 1 aliphatic carbocycles. The van der Waals surface area contributed by atoms with Crippen molar-refractivity contribution in [2.24, 2.45) is 0 Å². The predicted molar refractivity (Wildman–Crippen MR) is 134 cm³/mol. The molecule has 3 aromatic rings. The first-order chi connectivity index (χ1) is 16.4. The molecule has 180 valence electrons. The maximum absolute atomic E-state index is 13.2. The van der Waals surface area contributed by atoms with Gasteiger partial charge in [0.05, 0.1) is 5.56 Å². The van der Waals surface area contributed by atoms with Gasteiger partial charge in [0.25, 0.3) is 11.7 Å². The van der Waals surface area contributed by atoms with Crippen LogP contribution in [0.3, 0.4) is 0 Å². The monoisotopic (exact) mass is 463 g/mol. The predicted octanol–water partition coefficient (Wildman–Crippen LogP) is 4.83. The summed E-state index contributed by atoms with van der Waals surface area (Å²) in [6, 6.07) is 11.7. The van der Waals surface area contributed by atoms with Gasteiger partial charge < -0.3 is 15.2 Å². The third kappa shape index (κ3) is 5.07. The van der Waals surface area contributed by atoms with Gasteiger partial charge in [-0.05, 0) is 86.9 Å². The molecule has 0 fully saturated rings. The zero-order valence-corrected chi connectivity index (χ0v) is 20.3. The summed E-state index contributed by atoms with van der Waals surface area (Å²) in [6.07, 6.45) is 6.46. The Morgan fingerprint density at radius 3 is 2.41 bits per heavy atom. The second kappa shape index (κ2) is 10.5. The first kappa shape index (κ1) is 24.1. The zero-order chi connectivity index (χ0) is 24.2. The molecular weight excluding hydrogens is 429 g/mol. The Kier molecular flexibility index (Phi) is 7.47. The lowest BCUT2D eigenvalue weighted by Gasteiger charge is -2.22. The smallest absolute Gasteiger partial charge is 0.295 e. The van der Waals surface area contributed by atoms with E-state index >= 15 is 0 Å². The lowest BCUT2D eigenvalue weighted by Crippen LogP contribution is -2.38. The van der Waals surface area contributed by atoms with Crippen molar-refractivity contribution in [1.29, 1.82) is 0 Å². The first-order valence-electron chi connectivity index (χ1n) is 12.4. The van der Waals surface area contributed by atoms with Crippen LogP contribution in [-0.4, -0.2) is 46.7 Å². The Morgan fingerprint density at radius 2 is 1.76 bits per heavy atom. The van der Waals surface area contributed by atoms with Crippen molar-refractivity contribution < 1.29 is 14.0 Å². The number of amides is 1. The maximum atomic E-state index is 13.2. The van der Waals surface area contributed by atoms with Crippen molar-refractivity contribution in [3.05, 3.63) is 70.7 Å². The van der Waals surface area contributed by atoms with Crippen LogP contribution in [0.5, 0.6) is 0 Å². The Morgan fingerprint density at radius 1 is 1.09 bits per heavy atom. The van der Waals surface area contributed by atoms with Gasteiger partial charge in [0.15, 0.2) is 0 Å². The van der Waals surface area contributed by atoms with Gasteiger partial charge in [-0.25, -0.2) is 4.39 Å². The summed E-state index contributed by atoms with van der Waals surface area (Å²) in [7, 11) is 0. The Bertz CT molecular complexity index is 1160. The largest absolute Gasteiger partial charge is 0.360 e. The number of nitrogens with zero attached hydrogens (tertiary/aromatic N) is 1. The highest BCUT2D eigenvalue weighted by Crippen LogP contribution is 2.30. The number of benzene rings is 2. The molecule has 2 aromatic carbocycles. The highest BCUT2D eigenvalue weighted by atomic mass is 19.1. The fraction of sp³-hybridized carbons (Fsp3) is 0.429. The number of rotatable bonds is 10. The molecule has 0 radical (unpaired) electrons. The van der Waals surface area contributed by atoms with Crippen LogP contribution in [0.4, 0.5) is 4.39 Å². The number of likely N-dealkylation sites (N-methyl/N-ethyl adjacent to an activating group) is 1. The molecular formula is C28H34FN3O2. The number of aryl methyl sites for hydroxylation is 1. The average Bonchev–Trinajstić information content (AvgIpc) is 3.43. The molecule has 1 heterocycles. The van der Waals surface area contributed by atoms with Crippen LogP contribution in [0.25, 0.3) is 10.9 Å². The molecule has 0 aliphatic heterocycles. The van der Waals surface area contributed by atoms with Gasteiger partial charge in [-0.1, -0.05) is 19.1 Å². The lowest BCUT2D eigenvalue weighted by atomic mass is 10.0. The first-order valence-corrected chi connectivity index (χ1v) is 12.4. The molecule has 2 atom stereocenters. The van der Waals surface area contributed by atoms with Crippen LogP contribution < -0.4 is 5.32 Å². The number of halogens is 1. The molecule has 5 nitrogen and oxygen atoms in total. The summed E-state index contributed by atoms with van der Waals surface area (Å²) in [6.45, 7) is 7.00. The van der Waals surface area contributed by atoms with Gasteiger partial charge in [-0.15, -0.1) is 0 Å². The Hall–Kier alpha value is -2.99. The van der Waals surface area contributed by atoms with E-state index in [0.29, 0.717) is 30.7 Å². The SMILES string of the molecule is CCC(CCc1ccc(F)cc1)NC1Cc2cc3[nH]cc(C(=O)C(=O)N(CC)CC)c3cc2C1. The molecule has 2 unspecified atom stereocenters. The molecule has 0 spiro atoms. The van der Waals surface area contributed by atoms with E-state index in [9.17, 15) is 14.0 Å². The van der Waals surface area contributed by atoms with Gasteiger partial charge >= 0.3 is 0 Å². The molecule has 1 aliphatic rings. The standard InChI is InChI=1S/C28H34FN3O2/c1-4-22(12-9-18-7-10-21(29)11-8-18)31-23-13-19-15-24-25(17-30-26(24)16-20(19)14-23)27(33)28(34)32(5-2)6-3/h7-8,10-11,15-17,22-23,30-31H,4-6,9,12-14H2,1-3H3. The third-order valence-electron chi connectivity index (χ3n) is 7.08. The second-order valence-corrected chi connectivity index (χ2v) is 9.22. The minimum atomic E-state index is -0.450. The van der Waals surface area contributed by atoms with Crippen molar-refractivity contribution in [2.45, 2.75) is 65.0 Å². The van der Waals surface area contributed by atoms with Gasteiger partial charge in [0.2, 0.25) is 0 Å². The number of aromatic nitrogens is 1. The Labute approximate surface area is 200 Å². The molecule has 34 heavy (non-hydrogen) atoms. The number of Topliss-reactive ketones (excluding diaryl/α,β-unsaturated/α-hetero) is 1. The van der Waals surface area contributed by atoms with E-state index in [0.717, 1.165) is 48.6 Å². The summed E-state index contributed by atoms with van der Waals surface area (Å²) in [5.41, 5.74) is 5.04. The topological polar surface area (TPSA) is 65.2 Å². The molecule has 1 amide bonds. The van der Waals surface area contributed by atoms with Crippen LogP contribution in [-0.2, 0) is 24.1 Å². The molecule has 1 aromatic heterocycles. The van der Waals surface area contributed by atoms with Gasteiger partial charge in [0, 0.05) is 42.3 Å². The van der Waals surface area contributed by atoms with Crippen LogP contribution in [0.15, 0.2) is 42.6 Å². The van der Waals surface area contributed by atoms with E-state index in [1.807, 2.05) is 26.0 Å². The number of carbonyl (C=O) groups excluding carboxylic acids is 2. The van der Waals surface area contributed by atoms with E-state index < -0.39 is 11.7 Å². The quantitative estimate of drug-likeness (QED) is 0.334. The number of fused-ring (bicyclic) bond motifs is 2. The average molecular weight is 464 g/mol. The highest BCUT2D eigenvalue weighted by Gasteiger charge is 2.27. The van der Waals surface area contributed by atoms with E-state index in [-0.39, 0.29) is 5.82 Å². The minimum Gasteiger partial charge on any atom is -0.360 e. The lowest BCUT2D eigenvalue weighted by molar-refractivity contribution is -0.126. The fourth-order valence-electron chi connectivity index (χ4n) is 5.05. The highest BCUT2D eigenvalue weighted by molar-refractivity contribution is 6.44. The van der Waals surface area contributed by atoms with Gasteiger partial charge in [0.1, 0.15) is 5.82 Å². The summed E-state index contributed by atoms with van der Waals surface area (Å²) >= 11 is 0. The van der Waals surface area contributed by atoms with E-state index in [1.165, 1.54) is 23.3 Å². The molecule has 0 saturated carbocycles. The third-order valence-corrected chi connectivity index (χ3v) is 7.08. The number of carbonyl (C=O) groups is 2. The molecule has 0 saturated heterocycles.